The van der Waals surface area contributed by atoms with E-state index >= 15 is 0 Å². The summed E-state index contributed by atoms with van der Waals surface area (Å²) in [5.74, 6) is -1.84. The van der Waals surface area contributed by atoms with Crippen molar-refractivity contribution in [2.45, 2.75) is 6.43 Å². The van der Waals surface area contributed by atoms with Crippen molar-refractivity contribution in [2.24, 2.45) is 7.05 Å². The number of rotatable bonds is 2. The molecule has 12 heavy (non-hydrogen) atoms. The largest absolute Gasteiger partial charge is 0.476 e. The molecule has 0 amide bonds. The molecule has 0 saturated heterocycles. The van der Waals surface area contributed by atoms with Gasteiger partial charge in [0.25, 0.3) is 6.43 Å². The number of carbonyl (C=O) groups is 1. The fourth-order valence-electron chi connectivity index (χ4n) is 0.786. The number of nitrogens with zero attached hydrogens (tertiary/aromatic N) is 2. The Morgan fingerprint density at radius 2 is 2.33 bits per heavy atom. The number of aromatic carboxylic acids is 1. The van der Waals surface area contributed by atoms with Crippen LogP contribution in [0.5, 0.6) is 0 Å². The number of hydrogen-bond acceptors (Lipinski definition) is 2. The molecule has 1 heterocycles. The van der Waals surface area contributed by atoms with E-state index < -0.39 is 18.2 Å². The Balaban J connectivity index is 3.09. The zero-order chi connectivity index (χ0) is 9.30. The van der Waals surface area contributed by atoms with Gasteiger partial charge in [0.2, 0.25) is 0 Å². The number of carboxylic acid groups (broad SMARTS) is 1. The van der Waals surface area contributed by atoms with E-state index in [9.17, 15) is 13.6 Å². The van der Waals surface area contributed by atoms with Gasteiger partial charge in [0.15, 0.2) is 11.5 Å². The topological polar surface area (TPSA) is 55.1 Å². The molecule has 0 aromatic carbocycles. The summed E-state index contributed by atoms with van der Waals surface area (Å²) in [6.45, 7) is 0. The van der Waals surface area contributed by atoms with Gasteiger partial charge in [-0.1, -0.05) is 0 Å². The number of imidazole rings is 1. The lowest BCUT2D eigenvalue weighted by Crippen LogP contribution is -1.97. The van der Waals surface area contributed by atoms with Crippen LogP contribution in [0.25, 0.3) is 0 Å². The van der Waals surface area contributed by atoms with Gasteiger partial charge in [-0.05, 0) is 0 Å². The molecule has 6 heteroatoms. The lowest BCUT2D eigenvalue weighted by atomic mass is 10.5. The highest BCUT2D eigenvalue weighted by atomic mass is 19.3. The summed E-state index contributed by atoms with van der Waals surface area (Å²) in [6, 6.07) is 0. The second-order valence-electron chi connectivity index (χ2n) is 2.20. The van der Waals surface area contributed by atoms with Gasteiger partial charge in [-0.3, -0.25) is 0 Å². The standard InChI is InChI=1S/C6H6F2N2O2/c1-10-2-3(6(11)12)9-5(10)4(7)8/h2,4H,1H3,(H,11,12). The van der Waals surface area contributed by atoms with Crippen LogP contribution in [-0.2, 0) is 7.05 Å². The van der Waals surface area contributed by atoms with Crippen LogP contribution < -0.4 is 0 Å². The third-order valence-corrected chi connectivity index (χ3v) is 1.33. The quantitative estimate of drug-likeness (QED) is 0.732. The third-order valence-electron chi connectivity index (χ3n) is 1.33. The highest BCUT2D eigenvalue weighted by molar-refractivity contribution is 5.85. The van der Waals surface area contributed by atoms with Gasteiger partial charge in [-0.25, -0.2) is 18.6 Å². The molecular weight excluding hydrogens is 170 g/mol. The number of halogens is 2. The molecule has 0 aliphatic heterocycles. The lowest BCUT2D eigenvalue weighted by molar-refractivity contribution is 0.0690. The van der Waals surface area contributed by atoms with Crippen molar-refractivity contribution in [1.82, 2.24) is 9.55 Å². The summed E-state index contributed by atoms with van der Waals surface area (Å²) >= 11 is 0. The molecule has 66 valence electrons. The molecule has 1 N–H and O–H groups in total. The predicted octanol–water partition coefficient (Wildman–Crippen LogP) is 1.06. The van der Waals surface area contributed by atoms with E-state index in [2.05, 4.69) is 4.98 Å². The Morgan fingerprint density at radius 3 is 2.58 bits per heavy atom. The first-order chi connectivity index (χ1) is 5.52. The van der Waals surface area contributed by atoms with Crippen molar-refractivity contribution in [2.75, 3.05) is 0 Å². The Hall–Kier alpha value is -1.46. The average molecular weight is 176 g/mol. The molecule has 0 fully saturated rings. The predicted molar refractivity (Wildman–Crippen MR) is 35.1 cm³/mol. The maximum Gasteiger partial charge on any atom is 0.356 e. The first kappa shape index (κ1) is 8.63. The Kier molecular flexibility index (Phi) is 2.07. The molecule has 0 aliphatic carbocycles. The van der Waals surface area contributed by atoms with E-state index in [-0.39, 0.29) is 5.69 Å². The number of carboxylic acids is 1. The monoisotopic (exact) mass is 176 g/mol. The molecule has 0 unspecified atom stereocenters. The van der Waals surface area contributed by atoms with Crippen LogP contribution in [0, 0.1) is 0 Å². The summed E-state index contributed by atoms with van der Waals surface area (Å²) in [6.07, 6.45) is -1.70. The van der Waals surface area contributed by atoms with E-state index in [0.29, 0.717) is 0 Å². The zero-order valence-corrected chi connectivity index (χ0v) is 6.16. The number of aromatic nitrogens is 2. The second-order valence-corrected chi connectivity index (χ2v) is 2.20. The minimum absolute atomic E-state index is 0.368. The molecular formula is C6H6F2N2O2. The van der Waals surface area contributed by atoms with Crippen LogP contribution >= 0.6 is 0 Å². The van der Waals surface area contributed by atoms with Crippen LogP contribution in [-0.4, -0.2) is 20.6 Å². The van der Waals surface area contributed by atoms with Crippen molar-refractivity contribution in [3.63, 3.8) is 0 Å². The Morgan fingerprint density at radius 1 is 1.75 bits per heavy atom. The van der Waals surface area contributed by atoms with E-state index in [1.807, 2.05) is 0 Å². The summed E-state index contributed by atoms with van der Waals surface area (Å²) < 4.78 is 25.1. The maximum absolute atomic E-state index is 12.0. The van der Waals surface area contributed by atoms with E-state index in [4.69, 9.17) is 5.11 Å². The van der Waals surface area contributed by atoms with Gasteiger partial charge >= 0.3 is 5.97 Å². The minimum Gasteiger partial charge on any atom is -0.476 e. The molecule has 0 spiro atoms. The van der Waals surface area contributed by atoms with E-state index in [1.165, 1.54) is 7.05 Å². The van der Waals surface area contributed by atoms with Crippen molar-refractivity contribution >= 4 is 5.97 Å². The number of aryl methyl sites for hydroxylation is 1. The van der Waals surface area contributed by atoms with Crippen LogP contribution in [0.4, 0.5) is 8.78 Å². The molecule has 4 nitrogen and oxygen atoms in total. The highest BCUT2D eigenvalue weighted by Crippen LogP contribution is 2.16. The SMILES string of the molecule is Cn1cc(C(=O)O)nc1C(F)F. The molecule has 0 atom stereocenters. The average Bonchev–Trinajstić information content (AvgIpc) is 2.30. The lowest BCUT2D eigenvalue weighted by Gasteiger charge is -1.96. The first-order valence-corrected chi connectivity index (χ1v) is 3.07. The van der Waals surface area contributed by atoms with Crippen LogP contribution in [0.1, 0.15) is 22.7 Å². The van der Waals surface area contributed by atoms with Crippen LogP contribution in [0.15, 0.2) is 6.20 Å². The second kappa shape index (κ2) is 2.88. The summed E-state index contributed by atoms with van der Waals surface area (Å²) in [5.41, 5.74) is -0.368. The van der Waals surface area contributed by atoms with Crippen LogP contribution in [0.2, 0.25) is 0 Å². The van der Waals surface area contributed by atoms with E-state index in [1.54, 1.807) is 0 Å². The molecule has 1 aromatic heterocycles. The van der Waals surface area contributed by atoms with Gasteiger partial charge in [-0.15, -0.1) is 0 Å². The first-order valence-electron chi connectivity index (χ1n) is 3.07. The number of alkyl halides is 2. The molecule has 1 aromatic rings. The fourth-order valence-corrected chi connectivity index (χ4v) is 0.786. The van der Waals surface area contributed by atoms with E-state index in [0.717, 1.165) is 10.8 Å². The van der Waals surface area contributed by atoms with Crippen molar-refractivity contribution in [1.29, 1.82) is 0 Å². The van der Waals surface area contributed by atoms with Crippen LogP contribution in [0.3, 0.4) is 0 Å². The molecule has 1 rings (SSSR count). The summed E-state index contributed by atoms with van der Waals surface area (Å²) in [7, 11) is 1.32. The number of hydrogen-bond donors (Lipinski definition) is 1. The van der Waals surface area contributed by atoms with Gasteiger partial charge < -0.3 is 9.67 Å². The Bertz CT molecular complexity index is 308. The zero-order valence-electron chi connectivity index (χ0n) is 6.16. The van der Waals surface area contributed by atoms with Gasteiger partial charge in [0.1, 0.15) is 0 Å². The van der Waals surface area contributed by atoms with Gasteiger partial charge in [0, 0.05) is 13.2 Å². The molecule has 0 aliphatic rings. The van der Waals surface area contributed by atoms with Gasteiger partial charge in [-0.2, -0.15) is 0 Å². The van der Waals surface area contributed by atoms with Crippen molar-refractivity contribution < 1.29 is 18.7 Å². The minimum atomic E-state index is -2.75. The van der Waals surface area contributed by atoms with Gasteiger partial charge in [0.05, 0.1) is 0 Å². The Labute approximate surface area is 66.5 Å². The molecule has 0 saturated carbocycles. The summed E-state index contributed by atoms with van der Waals surface area (Å²) in [4.78, 5) is 13.5. The highest BCUT2D eigenvalue weighted by Gasteiger charge is 2.17. The smallest absolute Gasteiger partial charge is 0.356 e. The fraction of sp³-hybridized carbons (Fsp3) is 0.333. The normalized spacial score (nSPS) is 10.7. The van der Waals surface area contributed by atoms with Crippen molar-refractivity contribution in [3.05, 3.63) is 17.7 Å². The molecule has 0 bridgehead atoms. The maximum atomic E-state index is 12.0. The summed E-state index contributed by atoms with van der Waals surface area (Å²) in [5, 5.41) is 8.38. The third kappa shape index (κ3) is 1.41. The van der Waals surface area contributed by atoms with Crippen molar-refractivity contribution in [3.8, 4) is 0 Å². The molecule has 0 radical (unpaired) electrons.